The Morgan fingerprint density at radius 1 is 1.59 bits per heavy atom. The van der Waals surface area contributed by atoms with Crippen LogP contribution in [0, 0.1) is 0 Å². The molecule has 6 nitrogen and oxygen atoms in total. The molecule has 3 N–H and O–H groups in total. The van der Waals surface area contributed by atoms with Gasteiger partial charge in [-0.05, 0) is 6.92 Å². The summed E-state index contributed by atoms with van der Waals surface area (Å²) in [6, 6.07) is 0. The van der Waals surface area contributed by atoms with Gasteiger partial charge in [0.2, 0.25) is 5.91 Å². The van der Waals surface area contributed by atoms with E-state index in [1.165, 1.54) is 0 Å². The van der Waals surface area contributed by atoms with Crippen LogP contribution in [0.2, 0.25) is 0 Å². The van der Waals surface area contributed by atoms with Gasteiger partial charge in [-0.15, -0.1) is 0 Å². The normalized spacial score (nSPS) is 10.5. The number of hydrogen-bond donors (Lipinski definition) is 3. The lowest BCUT2D eigenvalue weighted by molar-refractivity contribution is -0.120. The molecule has 0 spiro atoms. The molecular weight excluding hydrogens is 220 g/mol. The fourth-order valence-electron chi connectivity index (χ4n) is 1.44. The van der Waals surface area contributed by atoms with Gasteiger partial charge in [-0.25, -0.2) is 0 Å². The molecular formula is C11H20N4O2. The molecule has 1 aromatic heterocycles. The van der Waals surface area contributed by atoms with Crippen LogP contribution < -0.4 is 10.6 Å². The van der Waals surface area contributed by atoms with E-state index >= 15 is 0 Å². The Morgan fingerprint density at radius 3 is 3.12 bits per heavy atom. The van der Waals surface area contributed by atoms with Crippen LogP contribution in [0.25, 0.3) is 0 Å². The average Bonchev–Trinajstić information content (AvgIpc) is 2.73. The minimum Gasteiger partial charge on any atom is -0.394 e. The molecule has 0 aliphatic heterocycles. The standard InChI is InChI=1S/C11H20N4O2/c1-2-13-11(17)3-4-12-7-10-8-14-15(9-10)5-6-16/h8-9,12,16H,2-7H2,1H3,(H,13,17). The largest absolute Gasteiger partial charge is 0.394 e. The van der Waals surface area contributed by atoms with Gasteiger partial charge in [0, 0.05) is 37.8 Å². The van der Waals surface area contributed by atoms with Crippen molar-refractivity contribution in [1.29, 1.82) is 0 Å². The molecule has 1 rings (SSSR count). The summed E-state index contributed by atoms with van der Waals surface area (Å²) in [5.41, 5.74) is 1.05. The first-order valence-corrected chi connectivity index (χ1v) is 5.86. The first kappa shape index (κ1) is 13.7. The van der Waals surface area contributed by atoms with E-state index in [0.29, 0.717) is 32.6 Å². The first-order valence-electron chi connectivity index (χ1n) is 5.86. The van der Waals surface area contributed by atoms with Crippen LogP contribution >= 0.6 is 0 Å². The molecule has 17 heavy (non-hydrogen) atoms. The summed E-state index contributed by atoms with van der Waals surface area (Å²) in [5, 5.41) is 18.7. The molecule has 0 unspecified atom stereocenters. The predicted octanol–water partition coefficient (Wildman–Crippen LogP) is -0.509. The van der Waals surface area contributed by atoms with Crippen LogP contribution in [-0.4, -0.2) is 40.5 Å². The highest BCUT2D eigenvalue weighted by molar-refractivity contribution is 5.75. The lowest BCUT2D eigenvalue weighted by Gasteiger charge is -2.03. The summed E-state index contributed by atoms with van der Waals surface area (Å²) in [5.74, 6) is 0.0657. The van der Waals surface area contributed by atoms with Gasteiger partial charge in [0.15, 0.2) is 0 Å². The molecule has 0 aromatic carbocycles. The summed E-state index contributed by atoms with van der Waals surface area (Å²) in [4.78, 5) is 11.1. The fourth-order valence-corrected chi connectivity index (χ4v) is 1.44. The van der Waals surface area contributed by atoms with Crippen molar-refractivity contribution in [3.63, 3.8) is 0 Å². The average molecular weight is 240 g/mol. The van der Waals surface area contributed by atoms with Gasteiger partial charge < -0.3 is 15.7 Å². The Hall–Kier alpha value is -1.40. The number of rotatable bonds is 8. The summed E-state index contributed by atoms with van der Waals surface area (Å²) < 4.78 is 1.70. The van der Waals surface area contributed by atoms with Crippen molar-refractivity contribution in [3.8, 4) is 0 Å². The predicted molar refractivity (Wildman–Crippen MR) is 64.3 cm³/mol. The highest BCUT2D eigenvalue weighted by Crippen LogP contribution is 1.96. The van der Waals surface area contributed by atoms with E-state index in [4.69, 9.17) is 5.11 Å². The number of carbonyl (C=O) groups is 1. The van der Waals surface area contributed by atoms with E-state index in [1.54, 1.807) is 10.9 Å². The third kappa shape index (κ3) is 5.46. The Morgan fingerprint density at radius 2 is 2.41 bits per heavy atom. The second-order valence-corrected chi connectivity index (χ2v) is 3.72. The number of nitrogens with one attached hydrogen (secondary N) is 2. The third-order valence-corrected chi connectivity index (χ3v) is 2.25. The molecule has 1 heterocycles. The molecule has 6 heteroatoms. The SMILES string of the molecule is CCNC(=O)CCNCc1cnn(CCO)c1. The number of hydrogen-bond acceptors (Lipinski definition) is 4. The minimum atomic E-state index is 0.0657. The van der Waals surface area contributed by atoms with Crippen molar-refractivity contribution in [2.75, 3.05) is 19.7 Å². The quantitative estimate of drug-likeness (QED) is 0.535. The van der Waals surface area contributed by atoms with Crippen LogP contribution in [0.15, 0.2) is 12.4 Å². The summed E-state index contributed by atoms with van der Waals surface area (Å²) in [6.45, 7) is 4.51. The number of amides is 1. The summed E-state index contributed by atoms with van der Waals surface area (Å²) in [7, 11) is 0. The van der Waals surface area contributed by atoms with Crippen molar-refractivity contribution in [2.24, 2.45) is 0 Å². The molecule has 0 aliphatic carbocycles. The zero-order chi connectivity index (χ0) is 12.5. The van der Waals surface area contributed by atoms with Crippen LogP contribution in [0.5, 0.6) is 0 Å². The summed E-state index contributed by atoms with van der Waals surface area (Å²) >= 11 is 0. The molecule has 1 aromatic rings. The molecule has 0 radical (unpaired) electrons. The van der Waals surface area contributed by atoms with Crippen LogP contribution in [0.1, 0.15) is 18.9 Å². The molecule has 0 atom stereocenters. The van der Waals surface area contributed by atoms with Gasteiger partial charge in [-0.2, -0.15) is 5.10 Å². The third-order valence-electron chi connectivity index (χ3n) is 2.25. The number of aromatic nitrogens is 2. The first-order chi connectivity index (χ1) is 8.26. The lowest BCUT2D eigenvalue weighted by Crippen LogP contribution is -2.27. The van der Waals surface area contributed by atoms with Crippen LogP contribution in [0.3, 0.4) is 0 Å². The topological polar surface area (TPSA) is 79.2 Å². The Kier molecular flexibility index (Phi) is 6.27. The monoisotopic (exact) mass is 240 g/mol. The summed E-state index contributed by atoms with van der Waals surface area (Å²) in [6.07, 6.45) is 4.13. The van der Waals surface area contributed by atoms with E-state index < -0.39 is 0 Å². The van der Waals surface area contributed by atoms with Gasteiger partial charge in [0.1, 0.15) is 0 Å². The molecule has 1 amide bonds. The highest BCUT2D eigenvalue weighted by atomic mass is 16.3. The van der Waals surface area contributed by atoms with Gasteiger partial charge in [0.05, 0.1) is 19.3 Å². The Bertz CT molecular complexity index is 338. The van der Waals surface area contributed by atoms with Crippen molar-refractivity contribution in [2.45, 2.75) is 26.4 Å². The van der Waals surface area contributed by atoms with Crippen molar-refractivity contribution < 1.29 is 9.90 Å². The van der Waals surface area contributed by atoms with Gasteiger partial charge in [0.25, 0.3) is 0 Å². The Balaban J connectivity index is 2.15. The van der Waals surface area contributed by atoms with Gasteiger partial charge in [-0.1, -0.05) is 0 Å². The van der Waals surface area contributed by atoms with E-state index in [1.807, 2.05) is 13.1 Å². The molecule has 0 fully saturated rings. The fraction of sp³-hybridized carbons (Fsp3) is 0.636. The molecule has 0 saturated carbocycles. The number of nitrogens with zero attached hydrogens (tertiary/aromatic N) is 2. The number of carbonyl (C=O) groups excluding carboxylic acids is 1. The zero-order valence-corrected chi connectivity index (χ0v) is 10.1. The van der Waals surface area contributed by atoms with Crippen molar-refractivity contribution >= 4 is 5.91 Å². The van der Waals surface area contributed by atoms with E-state index in [2.05, 4.69) is 15.7 Å². The molecule has 0 aliphatic rings. The van der Waals surface area contributed by atoms with Crippen LogP contribution in [-0.2, 0) is 17.9 Å². The van der Waals surface area contributed by atoms with E-state index in [9.17, 15) is 4.79 Å². The second-order valence-electron chi connectivity index (χ2n) is 3.72. The van der Waals surface area contributed by atoms with Crippen molar-refractivity contribution in [3.05, 3.63) is 18.0 Å². The maximum Gasteiger partial charge on any atom is 0.221 e. The second kappa shape index (κ2) is 7.81. The molecule has 96 valence electrons. The van der Waals surface area contributed by atoms with Gasteiger partial charge in [-0.3, -0.25) is 9.48 Å². The lowest BCUT2D eigenvalue weighted by atomic mass is 10.3. The highest BCUT2D eigenvalue weighted by Gasteiger charge is 2.00. The number of aliphatic hydroxyl groups is 1. The Labute approximate surface area is 101 Å². The van der Waals surface area contributed by atoms with E-state index in [0.717, 1.165) is 5.56 Å². The molecule has 0 saturated heterocycles. The zero-order valence-electron chi connectivity index (χ0n) is 10.1. The smallest absolute Gasteiger partial charge is 0.221 e. The number of aliphatic hydroxyl groups excluding tert-OH is 1. The van der Waals surface area contributed by atoms with Crippen molar-refractivity contribution in [1.82, 2.24) is 20.4 Å². The van der Waals surface area contributed by atoms with Gasteiger partial charge >= 0.3 is 0 Å². The maximum atomic E-state index is 11.1. The van der Waals surface area contributed by atoms with E-state index in [-0.39, 0.29) is 12.5 Å². The van der Waals surface area contributed by atoms with Crippen LogP contribution in [0.4, 0.5) is 0 Å². The molecule has 0 bridgehead atoms. The maximum absolute atomic E-state index is 11.1. The minimum absolute atomic E-state index is 0.0657.